The lowest BCUT2D eigenvalue weighted by Crippen LogP contribution is -2.48. The van der Waals surface area contributed by atoms with Gasteiger partial charge in [0.05, 0.1) is 16.8 Å². The van der Waals surface area contributed by atoms with E-state index < -0.39 is 0 Å². The standard InChI is InChI=1S/C21H24N4O2S/c1-13-19(15(3)26)14(2)22-20(13)21(27)25-10-8-24(9-11-25)12-18-23-16-6-4-5-7-17(16)28-18/h4-7,22H,8-12H2,1-3H3. The van der Waals surface area contributed by atoms with E-state index in [1.54, 1.807) is 11.3 Å². The Morgan fingerprint density at radius 1 is 1.14 bits per heavy atom. The first-order chi connectivity index (χ1) is 13.4. The summed E-state index contributed by atoms with van der Waals surface area (Å²) in [6.07, 6.45) is 0. The summed E-state index contributed by atoms with van der Waals surface area (Å²) >= 11 is 1.73. The number of piperazine rings is 1. The number of fused-ring (bicyclic) bond motifs is 1. The fraction of sp³-hybridized carbons (Fsp3) is 0.381. The molecule has 1 saturated heterocycles. The maximum Gasteiger partial charge on any atom is 0.270 e. The van der Waals surface area contributed by atoms with E-state index in [1.165, 1.54) is 11.6 Å². The zero-order valence-electron chi connectivity index (χ0n) is 16.4. The quantitative estimate of drug-likeness (QED) is 0.686. The topological polar surface area (TPSA) is 69.3 Å². The van der Waals surface area contributed by atoms with Crippen LogP contribution in [0.15, 0.2) is 24.3 Å². The number of para-hydroxylation sites is 1. The smallest absolute Gasteiger partial charge is 0.270 e. The van der Waals surface area contributed by atoms with Gasteiger partial charge in [-0.3, -0.25) is 14.5 Å². The lowest BCUT2D eigenvalue weighted by molar-refractivity contribution is 0.0622. The number of hydrogen-bond acceptors (Lipinski definition) is 5. The molecule has 1 aromatic carbocycles. The van der Waals surface area contributed by atoms with E-state index in [1.807, 2.05) is 36.9 Å². The highest BCUT2D eigenvalue weighted by atomic mass is 32.1. The number of aromatic amines is 1. The average Bonchev–Trinajstić information content (AvgIpc) is 3.21. The fourth-order valence-corrected chi connectivity index (χ4v) is 4.95. The van der Waals surface area contributed by atoms with Crippen LogP contribution in [0.2, 0.25) is 0 Å². The third kappa shape index (κ3) is 3.47. The molecule has 4 rings (SSSR count). The summed E-state index contributed by atoms with van der Waals surface area (Å²) in [5, 5.41) is 1.11. The number of thiazole rings is 1. The van der Waals surface area contributed by atoms with Gasteiger partial charge in [0, 0.05) is 37.4 Å². The first kappa shape index (κ1) is 18.8. The summed E-state index contributed by atoms with van der Waals surface area (Å²) < 4.78 is 1.21. The largest absolute Gasteiger partial charge is 0.354 e. The van der Waals surface area contributed by atoms with Crippen LogP contribution in [0.5, 0.6) is 0 Å². The maximum atomic E-state index is 12.9. The van der Waals surface area contributed by atoms with E-state index in [2.05, 4.69) is 16.0 Å². The molecule has 3 heterocycles. The van der Waals surface area contributed by atoms with Gasteiger partial charge in [-0.05, 0) is 38.5 Å². The number of aromatic nitrogens is 2. The summed E-state index contributed by atoms with van der Waals surface area (Å²) in [4.78, 5) is 36.8. The van der Waals surface area contributed by atoms with Gasteiger partial charge in [-0.2, -0.15) is 0 Å². The number of H-pyrrole nitrogens is 1. The third-order valence-corrected chi connectivity index (χ3v) is 6.38. The molecule has 0 spiro atoms. The zero-order valence-corrected chi connectivity index (χ0v) is 17.2. The van der Waals surface area contributed by atoms with Crippen LogP contribution in [-0.2, 0) is 6.54 Å². The maximum absolute atomic E-state index is 12.9. The van der Waals surface area contributed by atoms with Crippen molar-refractivity contribution in [1.29, 1.82) is 0 Å². The molecule has 0 atom stereocenters. The summed E-state index contributed by atoms with van der Waals surface area (Å²) in [5.74, 6) is -0.0290. The highest BCUT2D eigenvalue weighted by Gasteiger charge is 2.27. The molecule has 0 bridgehead atoms. The van der Waals surface area contributed by atoms with Crippen LogP contribution in [0.25, 0.3) is 10.2 Å². The second kappa shape index (κ2) is 7.48. The van der Waals surface area contributed by atoms with Crippen LogP contribution in [0.1, 0.15) is 44.0 Å². The summed E-state index contributed by atoms with van der Waals surface area (Å²) in [5.41, 5.74) is 3.75. The van der Waals surface area contributed by atoms with Crippen molar-refractivity contribution in [3.05, 3.63) is 51.8 Å². The minimum atomic E-state index is -0.0206. The van der Waals surface area contributed by atoms with E-state index >= 15 is 0 Å². The molecular formula is C21H24N4O2S. The molecule has 1 amide bonds. The Kier molecular flexibility index (Phi) is 5.03. The Bertz CT molecular complexity index is 1010. The number of amides is 1. The number of benzene rings is 1. The summed E-state index contributed by atoms with van der Waals surface area (Å²) in [6, 6.07) is 8.19. The Morgan fingerprint density at radius 3 is 2.50 bits per heavy atom. The van der Waals surface area contributed by atoms with Gasteiger partial charge < -0.3 is 9.88 Å². The molecule has 0 radical (unpaired) electrons. The molecule has 6 nitrogen and oxygen atoms in total. The number of Topliss-reactive ketones (excluding diaryl/α,β-unsaturated/α-hetero) is 1. The third-order valence-electron chi connectivity index (χ3n) is 5.36. The highest BCUT2D eigenvalue weighted by Crippen LogP contribution is 2.24. The summed E-state index contributed by atoms with van der Waals surface area (Å²) in [7, 11) is 0. The molecule has 146 valence electrons. The van der Waals surface area contributed by atoms with Crippen LogP contribution < -0.4 is 0 Å². The Morgan fingerprint density at radius 2 is 1.86 bits per heavy atom. The number of carbonyl (C=O) groups excluding carboxylic acids is 2. The van der Waals surface area contributed by atoms with Crippen molar-refractivity contribution in [3.8, 4) is 0 Å². The van der Waals surface area contributed by atoms with E-state index in [-0.39, 0.29) is 11.7 Å². The molecule has 2 aromatic heterocycles. The van der Waals surface area contributed by atoms with Crippen LogP contribution >= 0.6 is 11.3 Å². The number of nitrogens with one attached hydrogen (secondary N) is 1. The van der Waals surface area contributed by atoms with Crippen molar-refractivity contribution in [1.82, 2.24) is 19.8 Å². The first-order valence-electron chi connectivity index (χ1n) is 9.50. The fourth-order valence-electron chi connectivity index (χ4n) is 3.94. The molecule has 1 aliphatic heterocycles. The molecule has 7 heteroatoms. The van der Waals surface area contributed by atoms with Gasteiger partial charge in [0.2, 0.25) is 0 Å². The first-order valence-corrected chi connectivity index (χ1v) is 10.3. The molecule has 1 aliphatic rings. The van der Waals surface area contributed by atoms with Crippen LogP contribution in [0, 0.1) is 13.8 Å². The number of ketones is 1. The van der Waals surface area contributed by atoms with Crippen LogP contribution in [0.3, 0.4) is 0 Å². The monoisotopic (exact) mass is 396 g/mol. The van der Waals surface area contributed by atoms with Crippen molar-refractivity contribution in [3.63, 3.8) is 0 Å². The number of nitrogens with zero attached hydrogens (tertiary/aromatic N) is 3. The van der Waals surface area contributed by atoms with Crippen molar-refractivity contribution in [2.75, 3.05) is 26.2 Å². The molecule has 3 aromatic rings. The van der Waals surface area contributed by atoms with Crippen LogP contribution in [0.4, 0.5) is 0 Å². The molecule has 28 heavy (non-hydrogen) atoms. The Balaban J connectivity index is 1.40. The molecule has 1 fully saturated rings. The van der Waals surface area contributed by atoms with E-state index in [0.29, 0.717) is 24.3 Å². The number of carbonyl (C=O) groups is 2. The van der Waals surface area contributed by atoms with Gasteiger partial charge >= 0.3 is 0 Å². The van der Waals surface area contributed by atoms with E-state index in [9.17, 15) is 9.59 Å². The molecule has 0 unspecified atom stereocenters. The number of aryl methyl sites for hydroxylation is 1. The zero-order chi connectivity index (χ0) is 19.8. The second-order valence-electron chi connectivity index (χ2n) is 7.32. The predicted octanol–water partition coefficient (Wildman–Crippen LogP) is 3.40. The number of rotatable bonds is 4. The molecule has 0 aliphatic carbocycles. The van der Waals surface area contributed by atoms with Gasteiger partial charge in [0.25, 0.3) is 5.91 Å². The minimum Gasteiger partial charge on any atom is -0.354 e. The van der Waals surface area contributed by atoms with Crippen molar-refractivity contribution < 1.29 is 9.59 Å². The van der Waals surface area contributed by atoms with Gasteiger partial charge in [-0.15, -0.1) is 11.3 Å². The SMILES string of the molecule is CC(=O)c1c(C)[nH]c(C(=O)N2CCN(Cc3nc4ccccc4s3)CC2)c1C. The molecular weight excluding hydrogens is 372 g/mol. The average molecular weight is 397 g/mol. The van der Waals surface area contributed by atoms with Gasteiger partial charge in [0.1, 0.15) is 10.7 Å². The molecule has 0 saturated carbocycles. The van der Waals surface area contributed by atoms with E-state index in [4.69, 9.17) is 4.98 Å². The lowest BCUT2D eigenvalue weighted by Gasteiger charge is -2.34. The lowest BCUT2D eigenvalue weighted by atomic mass is 10.1. The van der Waals surface area contributed by atoms with Gasteiger partial charge in [-0.1, -0.05) is 12.1 Å². The predicted molar refractivity (Wildman–Crippen MR) is 111 cm³/mol. The van der Waals surface area contributed by atoms with Crippen molar-refractivity contribution in [2.45, 2.75) is 27.3 Å². The Hall–Kier alpha value is -2.51. The highest BCUT2D eigenvalue weighted by molar-refractivity contribution is 7.18. The number of hydrogen-bond donors (Lipinski definition) is 1. The second-order valence-corrected chi connectivity index (χ2v) is 8.44. The molecule has 1 N–H and O–H groups in total. The van der Waals surface area contributed by atoms with Gasteiger partial charge in [-0.25, -0.2) is 4.98 Å². The van der Waals surface area contributed by atoms with Crippen LogP contribution in [-0.4, -0.2) is 57.6 Å². The summed E-state index contributed by atoms with van der Waals surface area (Å²) in [6.45, 7) is 9.04. The minimum absolute atomic E-state index is 0.00838. The Labute approximate surface area is 168 Å². The van der Waals surface area contributed by atoms with Crippen molar-refractivity contribution >= 4 is 33.2 Å². The van der Waals surface area contributed by atoms with E-state index in [0.717, 1.165) is 41.4 Å². The van der Waals surface area contributed by atoms with Crippen molar-refractivity contribution in [2.24, 2.45) is 0 Å². The van der Waals surface area contributed by atoms with Gasteiger partial charge in [0.15, 0.2) is 5.78 Å². The normalized spacial score (nSPS) is 15.3.